The van der Waals surface area contributed by atoms with Gasteiger partial charge in [0.05, 0.1) is 6.21 Å². The molecule has 0 radical (unpaired) electrons. The third-order valence-corrected chi connectivity index (χ3v) is 3.11. The average molecular weight is 347 g/mol. The second kappa shape index (κ2) is 7.44. The maximum Gasteiger partial charge on any atom is 0.211 e. The molecule has 2 aromatic carbocycles. The van der Waals surface area contributed by atoms with Gasteiger partial charge in [0.25, 0.3) is 0 Å². The molecule has 0 spiro atoms. The Morgan fingerprint density at radius 3 is 2.33 bits per heavy atom. The number of ether oxygens (including phenoxy) is 1. The van der Waals surface area contributed by atoms with E-state index >= 15 is 0 Å². The Bertz CT molecular complexity index is 632. The van der Waals surface area contributed by atoms with Gasteiger partial charge in [-0.15, -0.1) is 5.10 Å². The van der Waals surface area contributed by atoms with Crippen LogP contribution >= 0.6 is 15.9 Å². The van der Waals surface area contributed by atoms with Crippen LogP contribution in [0.5, 0.6) is 5.75 Å². The zero-order chi connectivity index (χ0) is 15.1. The van der Waals surface area contributed by atoms with E-state index in [1.807, 2.05) is 48.5 Å². The minimum atomic E-state index is -0.0688. The number of nitrogens with two attached hydrogens (primary N) is 2. The van der Waals surface area contributed by atoms with Crippen molar-refractivity contribution in [3.05, 3.63) is 64.1 Å². The summed E-state index contributed by atoms with van der Waals surface area (Å²) in [6.45, 7) is 0.523. The minimum Gasteiger partial charge on any atom is -0.489 e. The number of hydrogen-bond donors (Lipinski definition) is 2. The Morgan fingerprint density at radius 1 is 1.05 bits per heavy atom. The number of rotatable bonds is 5. The number of benzene rings is 2. The highest BCUT2D eigenvalue weighted by Crippen LogP contribution is 2.15. The molecule has 0 amide bonds. The van der Waals surface area contributed by atoms with E-state index in [1.165, 1.54) is 0 Å². The molecule has 0 unspecified atom stereocenters. The predicted molar refractivity (Wildman–Crippen MR) is 88.3 cm³/mol. The van der Waals surface area contributed by atoms with E-state index < -0.39 is 0 Å². The normalized spacial score (nSPS) is 10.5. The van der Waals surface area contributed by atoms with Crippen molar-refractivity contribution >= 4 is 28.1 Å². The molecule has 0 aliphatic rings. The van der Waals surface area contributed by atoms with Gasteiger partial charge < -0.3 is 16.2 Å². The summed E-state index contributed by atoms with van der Waals surface area (Å²) in [5, 5.41) is 7.27. The molecule has 0 aromatic heterocycles. The van der Waals surface area contributed by atoms with Gasteiger partial charge in [-0.25, -0.2) is 0 Å². The van der Waals surface area contributed by atoms with E-state index in [-0.39, 0.29) is 5.96 Å². The second-order valence-corrected chi connectivity index (χ2v) is 5.17. The first kappa shape index (κ1) is 15.1. The number of nitrogens with zero attached hydrogens (tertiary/aromatic N) is 2. The smallest absolute Gasteiger partial charge is 0.211 e. The zero-order valence-corrected chi connectivity index (χ0v) is 12.8. The summed E-state index contributed by atoms with van der Waals surface area (Å²) in [6, 6.07) is 15.5. The Labute approximate surface area is 131 Å². The first-order valence-electron chi connectivity index (χ1n) is 6.23. The van der Waals surface area contributed by atoms with Crippen molar-refractivity contribution in [1.29, 1.82) is 0 Å². The molecule has 6 heteroatoms. The van der Waals surface area contributed by atoms with Crippen LogP contribution in [0.4, 0.5) is 0 Å². The molecule has 108 valence electrons. The zero-order valence-electron chi connectivity index (χ0n) is 11.2. The highest BCUT2D eigenvalue weighted by atomic mass is 79.9. The fourth-order valence-corrected chi connectivity index (χ4v) is 1.82. The molecule has 0 atom stereocenters. The van der Waals surface area contributed by atoms with E-state index in [0.717, 1.165) is 21.3 Å². The molecule has 0 saturated carbocycles. The van der Waals surface area contributed by atoms with Gasteiger partial charge in [0.15, 0.2) is 0 Å². The lowest BCUT2D eigenvalue weighted by Crippen LogP contribution is -2.21. The summed E-state index contributed by atoms with van der Waals surface area (Å²) in [6.07, 6.45) is 1.57. The van der Waals surface area contributed by atoms with Crippen LogP contribution in [0, 0.1) is 0 Å². The van der Waals surface area contributed by atoms with Gasteiger partial charge in [-0.05, 0) is 47.5 Å². The topological polar surface area (TPSA) is 86.0 Å². The minimum absolute atomic E-state index is 0.0688. The third kappa shape index (κ3) is 5.27. The molecular weight excluding hydrogens is 332 g/mol. The van der Waals surface area contributed by atoms with Crippen molar-refractivity contribution in [2.75, 3.05) is 0 Å². The van der Waals surface area contributed by atoms with E-state index in [4.69, 9.17) is 16.2 Å². The number of halogens is 1. The molecule has 0 aliphatic heterocycles. The molecule has 2 aromatic rings. The molecule has 2 rings (SSSR count). The lowest BCUT2D eigenvalue weighted by molar-refractivity contribution is 0.306. The summed E-state index contributed by atoms with van der Waals surface area (Å²) < 4.78 is 6.75. The maximum absolute atomic E-state index is 5.70. The second-order valence-electron chi connectivity index (χ2n) is 4.25. The maximum atomic E-state index is 5.70. The van der Waals surface area contributed by atoms with Crippen molar-refractivity contribution in [3.8, 4) is 5.75 Å². The number of guanidine groups is 1. The van der Waals surface area contributed by atoms with Crippen molar-refractivity contribution < 1.29 is 4.74 Å². The fourth-order valence-electron chi connectivity index (χ4n) is 1.56. The highest BCUT2D eigenvalue weighted by molar-refractivity contribution is 9.10. The quantitative estimate of drug-likeness (QED) is 0.495. The third-order valence-electron chi connectivity index (χ3n) is 2.58. The molecule has 5 nitrogen and oxygen atoms in total. The van der Waals surface area contributed by atoms with Gasteiger partial charge >= 0.3 is 0 Å². The van der Waals surface area contributed by atoms with Crippen molar-refractivity contribution in [2.24, 2.45) is 21.7 Å². The van der Waals surface area contributed by atoms with Crippen molar-refractivity contribution in [3.63, 3.8) is 0 Å². The average Bonchev–Trinajstić information content (AvgIpc) is 2.48. The van der Waals surface area contributed by atoms with Crippen LogP contribution in [0.25, 0.3) is 0 Å². The van der Waals surface area contributed by atoms with Crippen LogP contribution in [-0.4, -0.2) is 12.2 Å². The van der Waals surface area contributed by atoms with E-state index in [0.29, 0.717) is 6.61 Å². The largest absolute Gasteiger partial charge is 0.489 e. The van der Waals surface area contributed by atoms with Gasteiger partial charge in [0.2, 0.25) is 5.96 Å². The van der Waals surface area contributed by atoms with Crippen LogP contribution in [0.3, 0.4) is 0 Å². The van der Waals surface area contributed by atoms with Crippen LogP contribution in [0.1, 0.15) is 11.1 Å². The van der Waals surface area contributed by atoms with Crippen molar-refractivity contribution in [2.45, 2.75) is 6.61 Å². The Hall–Kier alpha value is -2.34. The van der Waals surface area contributed by atoms with Gasteiger partial charge in [-0.1, -0.05) is 28.1 Å². The monoisotopic (exact) mass is 346 g/mol. The van der Waals surface area contributed by atoms with Crippen LogP contribution in [0.2, 0.25) is 0 Å². The van der Waals surface area contributed by atoms with E-state index in [2.05, 4.69) is 26.1 Å². The number of hydrogen-bond acceptors (Lipinski definition) is 3. The van der Waals surface area contributed by atoms with E-state index in [9.17, 15) is 0 Å². The standard InChI is InChI=1S/C15H15BrN4O/c16-13-5-1-12(2-6-13)10-21-14-7-3-11(4-8-14)9-19-20-15(17)18/h1-9H,10H2,(H4,17,18,20). The van der Waals surface area contributed by atoms with Crippen LogP contribution < -0.4 is 16.2 Å². The molecule has 0 heterocycles. The molecule has 0 aliphatic carbocycles. The summed E-state index contributed by atoms with van der Waals surface area (Å²) in [5.74, 6) is 0.720. The lowest BCUT2D eigenvalue weighted by atomic mass is 10.2. The lowest BCUT2D eigenvalue weighted by Gasteiger charge is -2.06. The van der Waals surface area contributed by atoms with Gasteiger partial charge in [-0.2, -0.15) is 5.10 Å². The fraction of sp³-hybridized carbons (Fsp3) is 0.0667. The summed E-state index contributed by atoms with van der Waals surface area (Å²) in [4.78, 5) is 0. The first-order chi connectivity index (χ1) is 10.1. The highest BCUT2D eigenvalue weighted by Gasteiger charge is 1.96. The van der Waals surface area contributed by atoms with Crippen LogP contribution in [0.15, 0.2) is 63.2 Å². The van der Waals surface area contributed by atoms with Gasteiger partial charge in [0.1, 0.15) is 12.4 Å². The predicted octanol–water partition coefficient (Wildman–Crippen LogP) is 2.64. The molecule has 0 bridgehead atoms. The molecule has 0 saturated heterocycles. The summed E-state index contributed by atoms with van der Waals surface area (Å²) in [5.41, 5.74) is 12.3. The molecular formula is C15H15BrN4O. The Balaban J connectivity index is 1.91. The Kier molecular flexibility index (Phi) is 5.34. The summed E-state index contributed by atoms with van der Waals surface area (Å²) >= 11 is 3.40. The molecule has 4 N–H and O–H groups in total. The van der Waals surface area contributed by atoms with Crippen molar-refractivity contribution in [1.82, 2.24) is 0 Å². The van der Waals surface area contributed by atoms with Gasteiger partial charge in [-0.3, -0.25) is 0 Å². The SMILES string of the molecule is NC(N)=NN=Cc1ccc(OCc2ccc(Br)cc2)cc1. The Morgan fingerprint density at radius 2 is 1.71 bits per heavy atom. The van der Waals surface area contributed by atoms with Crippen LogP contribution in [-0.2, 0) is 6.61 Å². The summed E-state index contributed by atoms with van der Waals surface area (Å²) in [7, 11) is 0. The molecule has 0 fully saturated rings. The molecule has 21 heavy (non-hydrogen) atoms. The van der Waals surface area contributed by atoms with Gasteiger partial charge in [0, 0.05) is 4.47 Å². The van der Waals surface area contributed by atoms with E-state index in [1.54, 1.807) is 6.21 Å². The first-order valence-corrected chi connectivity index (χ1v) is 7.02.